The van der Waals surface area contributed by atoms with Gasteiger partial charge in [0.2, 0.25) is 0 Å². The van der Waals surface area contributed by atoms with E-state index < -0.39 is 0 Å². The number of thioether (sulfide) groups is 1. The number of rotatable bonds is 8. The average molecular weight is 300 g/mol. The van der Waals surface area contributed by atoms with Gasteiger partial charge in [0.15, 0.2) is 5.78 Å². The van der Waals surface area contributed by atoms with Crippen molar-refractivity contribution in [3.05, 3.63) is 34.9 Å². The van der Waals surface area contributed by atoms with Gasteiger partial charge in [-0.1, -0.05) is 23.7 Å². The van der Waals surface area contributed by atoms with E-state index in [4.69, 9.17) is 11.6 Å². The topological polar surface area (TPSA) is 20.3 Å². The summed E-state index contributed by atoms with van der Waals surface area (Å²) in [6, 6.07) is 7.76. The maximum atomic E-state index is 12.1. The molecule has 0 saturated heterocycles. The lowest BCUT2D eigenvalue weighted by molar-refractivity contribution is 0.0962. The fourth-order valence-electron chi connectivity index (χ4n) is 1.83. The highest BCUT2D eigenvalue weighted by Gasteiger charge is 2.13. The number of carbonyl (C=O) groups excluding carboxylic acids is 1. The lowest BCUT2D eigenvalue weighted by Crippen LogP contribution is -2.31. The van der Waals surface area contributed by atoms with Gasteiger partial charge in [-0.3, -0.25) is 4.79 Å². The van der Waals surface area contributed by atoms with Crippen LogP contribution in [0.2, 0.25) is 5.02 Å². The van der Waals surface area contributed by atoms with Gasteiger partial charge in [-0.05, 0) is 44.5 Å². The highest BCUT2D eigenvalue weighted by Crippen LogP contribution is 2.17. The molecule has 4 heteroatoms. The first kappa shape index (κ1) is 16.5. The van der Waals surface area contributed by atoms with E-state index in [0.29, 0.717) is 23.0 Å². The zero-order valence-electron chi connectivity index (χ0n) is 11.9. The van der Waals surface area contributed by atoms with Crippen LogP contribution in [0, 0.1) is 0 Å². The standard InChI is InChI=1S/C15H22ClNOS/c1-12(9-11-19-3)17(2)10-8-15(18)13-6-4-5-7-14(13)16/h4-7,12H,8-11H2,1-3H3. The van der Waals surface area contributed by atoms with Crippen molar-refractivity contribution < 1.29 is 4.79 Å². The molecule has 1 atom stereocenters. The van der Waals surface area contributed by atoms with Gasteiger partial charge in [-0.15, -0.1) is 0 Å². The van der Waals surface area contributed by atoms with Crippen LogP contribution < -0.4 is 0 Å². The Bertz CT molecular complexity index is 411. The molecule has 0 heterocycles. The molecular weight excluding hydrogens is 278 g/mol. The smallest absolute Gasteiger partial charge is 0.165 e. The minimum atomic E-state index is 0.120. The molecule has 1 aromatic rings. The minimum Gasteiger partial charge on any atom is -0.303 e. The van der Waals surface area contributed by atoms with Crippen LogP contribution >= 0.6 is 23.4 Å². The van der Waals surface area contributed by atoms with E-state index in [1.165, 1.54) is 0 Å². The van der Waals surface area contributed by atoms with E-state index >= 15 is 0 Å². The minimum absolute atomic E-state index is 0.120. The Labute approximate surface area is 125 Å². The normalized spacial score (nSPS) is 12.7. The number of nitrogens with zero attached hydrogens (tertiary/aromatic N) is 1. The van der Waals surface area contributed by atoms with E-state index in [1.807, 2.05) is 23.9 Å². The third-order valence-corrected chi connectivity index (χ3v) is 4.33. The summed E-state index contributed by atoms with van der Waals surface area (Å²) in [7, 11) is 2.07. The summed E-state index contributed by atoms with van der Waals surface area (Å²) in [5, 5.41) is 0.547. The van der Waals surface area contributed by atoms with Gasteiger partial charge in [0.25, 0.3) is 0 Å². The molecule has 0 aliphatic heterocycles. The fourth-order valence-corrected chi connectivity index (χ4v) is 2.65. The summed E-state index contributed by atoms with van der Waals surface area (Å²) in [4.78, 5) is 14.3. The molecule has 19 heavy (non-hydrogen) atoms. The Hall–Kier alpha value is -0.510. The Morgan fingerprint density at radius 2 is 2.11 bits per heavy atom. The molecule has 1 aromatic carbocycles. The van der Waals surface area contributed by atoms with Crippen LogP contribution in [0.3, 0.4) is 0 Å². The van der Waals surface area contributed by atoms with Gasteiger partial charge in [0, 0.05) is 24.6 Å². The molecular formula is C15H22ClNOS. The number of Topliss-reactive ketones (excluding diaryl/α,β-unsaturated/α-hetero) is 1. The van der Waals surface area contributed by atoms with Crippen LogP contribution in [0.5, 0.6) is 0 Å². The van der Waals surface area contributed by atoms with Crippen molar-refractivity contribution in [2.24, 2.45) is 0 Å². The van der Waals surface area contributed by atoms with Gasteiger partial charge in [-0.25, -0.2) is 0 Å². The van der Waals surface area contributed by atoms with Crippen molar-refractivity contribution in [1.82, 2.24) is 4.90 Å². The number of carbonyl (C=O) groups is 1. The lowest BCUT2D eigenvalue weighted by atomic mass is 10.1. The molecule has 1 rings (SSSR count). The zero-order valence-corrected chi connectivity index (χ0v) is 13.4. The highest BCUT2D eigenvalue weighted by molar-refractivity contribution is 7.98. The van der Waals surface area contributed by atoms with Crippen LogP contribution in [0.25, 0.3) is 0 Å². The third kappa shape index (κ3) is 5.55. The highest BCUT2D eigenvalue weighted by atomic mass is 35.5. The van der Waals surface area contributed by atoms with Gasteiger partial charge in [-0.2, -0.15) is 11.8 Å². The van der Waals surface area contributed by atoms with Crippen LogP contribution in [-0.4, -0.2) is 42.3 Å². The van der Waals surface area contributed by atoms with Crippen molar-refractivity contribution in [2.75, 3.05) is 25.6 Å². The molecule has 106 valence electrons. The Kier molecular flexibility index (Phi) is 7.51. The molecule has 2 nitrogen and oxygen atoms in total. The molecule has 0 bridgehead atoms. The maximum Gasteiger partial charge on any atom is 0.165 e. The Morgan fingerprint density at radius 1 is 1.42 bits per heavy atom. The average Bonchev–Trinajstić information content (AvgIpc) is 2.42. The number of halogens is 1. The van der Waals surface area contributed by atoms with Crippen molar-refractivity contribution in [3.8, 4) is 0 Å². The first-order valence-corrected chi connectivity index (χ1v) is 8.30. The Morgan fingerprint density at radius 3 is 2.74 bits per heavy atom. The molecule has 0 fully saturated rings. The van der Waals surface area contributed by atoms with E-state index in [9.17, 15) is 4.79 Å². The van der Waals surface area contributed by atoms with Crippen LogP contribution in [-0.2, 0) is 0 Å². The summed E-state index contributed by atoms with van der Waals surface area (Å²) in [6.45, 7) is 2.98. The summed E-state index contributed by atoms with van der Waals surface area (Å²) < 4.78 is 0. The first-order chi connectivity index (χ1) is 9.06. The monoisotopic (exact) mass is 299 g/mol. The van der Waals surface area contributed by atoms with Gasteiger partial charge < -0.3 is 4.90 Å². The van der Waals surface area contributed by atoms with E-state index in [1.54, 1.807) is 12.1 Å². The second kappa shape index (κ2) is 8.62. The summed E-state index contributed by atoms with van der Waals surface area (Å²) in [5.74, 6) is 1.28. The molecule has 0 aromatic heterocycles. The van der Waals surface area contributed by atoms with Crippen molar-refractivity contribution in [2.45, 2.75) is 25.8 Å². The van der Waals surface area contributed by atoms with E-state index in [0.717, 1.165) is 18.7 Å². The number of hydrogen-bond donors (Lipinski definition) is 0. The zero-order chi connectivity index (χ0) is 14.3. The molecule has 0 aliphatic rings. The fraction of sp³-hybridized carbons (Fsp3) is 0.533. The molecule has 0 amide bonds. The third-order valence-electron chi connectivity index (χ3n) is 3.36. The van der Waals surface area contributed by atoms with Crippen LogP contribution in [0.4, 0.5) is 0 Å². The van der Waals surface area contributed by atoms with Gasteiger partial charge >= 0.3 is 0 Å². The van der Waals surface area contributed by atoms with Gasteiger partial charge in [0.1, 0.15) is 0 Å². The quantitative estimate of drug-likeness (QED) is 0.677. The predicted octanol–water partition coefficient (Wildman–Crippen LogP) is 3.99. The predicted molar refractivity (Wildman–Crippen MR) is 85.5 cm³/mol. The van der Waals surface area contributed by atoms with Crippen LogP contribution in [0.1, 0.15) is 30.1 Å². The summed E-state index contributed by atoms with van der Waals surface area (Å²) in [6.07, 6.45) is 3.79. The maximum absolute atomic E-state index is 12.1. The SMILES string of the molecule is CSCCC(C)N(C)CCC(=O)c1ccccc1Cl. The number of benzene rings is 1. The second-order valence-electron chi connectivity index (χ2n) is 4.76. The molecule has 0 spiro atoms. The first-order valence-electron chi connectivity index (χ1n) is 6.53. The molecule has 0 saturated carbocycles. The second-order valence-corrected chi connectivity index (χ2v) is 6.16. The number of ketones is 1. The molecule has 1 unspecified atom stereocenters. The van der Waals surface area contributed by atoms with Crippen molar-refractivity contribution >= 4 is 29.1 Å². The summed E-state index contributed by atoms with van der Waals surface area (Å²) in [5.41, 5.74) is 0.634. The van der Waals surface area contributed by atoms with Crippen molar-refractivity contribution in [3.63, 3.8) is 0 Å². The number of hydrogen-bond acceptors (Lipinski definition) is 3. The lowest BCUT2D eigenvalue weighted by Gasteiger charge is -2.24. The van der Waals surface area contributed by atoms with Gasteiger partial charge in [0.05, 0.1) is 5.02 Å². The molecule has 0 radical (unpaired) electrons. The Balaban J connectivity index is 2.44. The largest absolute Gasteiger partial charge is 0.303 e. The van der Waals surface area contributed by atoms with E-state index in [2.05, 4.69) is 25.1 Å². The summed E-state index contributed by atoms with van der Waals surface area (Å²) >= 11 is 7.89. The van der Waals surface area contributed by atoms with Crippen LogP contribution in [0.15, 0.2) is 24.3 Å². The van der Waals surface area contributed by atoms with E-state index in [-0.39, 0.29) is 5.78 Å². The van der Waals surface area contributed by atoms with Crippen molar-refractivity contribution in [1.29, 1.82) is 0 Å². The molecule has 0 N–H and O–H groups in total. The molecule has 0 aliphatic carbocycles.